The van der Waals surface area contributed by atoms with Crippen molar-refractivity contribution in [1.82, 2.24) is 19.8 Å². The highest BCUT2D eigenvalue weighted by Crippen LogP contribution is 2.44. The van der Waals surface area contributed by atoms with E-state index in [0.717, 1.165) is 32.5 Å². The molecule has 0 saturated carbocycles. The molecule has 1 atom stereocenters. The zero-order chi connectivity index (χ0) is 20.5. The first-order valence-corrected chi connectivity index (χ1v) is 11.6. The van der Waals surface area contributed by atoms with Crippen molar-refractivity contribution in [2.75, 3.05) is 19.6 Å². The third kappa shape index (κ3) is 2.69. The summed E-state index contributed by atoms with van der Waals surface area (Å²) in [6.07, 6.45) is 2.06. The van der Waals surface area contributed by atoms with Gasteiger partial charge in [0, 0.05) is 18.2 Å². The molecule has 7 rings (SSSR count). The van der Waals surface area contributed by atoms with Crippen LogP contribution in [0.2, 0.25) is 0 Å². The molecular weight excluding hydrogens is 404 g/mol. The van der Waals surface area contributed by atoms with Crippen molar-refractivity contribution in [3.05, 3.63) is 46.8 Å². The van der Waals surface area contributed by atoms with Crippen molar-refractivity contribution < 1.29 is 13.2 Å². The molecule has 1 aromatic heterocycles. The zero-order valence-corrected chi connectivity index (χ0v) is 16.9. The van der Waals surface area contributed by atoms with E-state index in [1.54, 1.807) is 36.4 Å². The highest BCUT2D eigenvalue weighted by molar-refractivity contribution is 7.89. The first kappa shape index (κ1) is 18.1. The predicted molar refractivity (Wildman–Crippen MR) is 111 cm³/mol. The van der Waals surface area contributed by atoms with Gasteiger partial charge in [0.2, 0.25) is 10.0 Å². The number of nitrogens with one attached hydrogen (secondary N) is 2. The lowest BCUT2D eigenvalue weighted by atomic mass is 9.85. The number of fused-ring (bicyclic) bond motifs is 5. The largest absolute Gasteiger partial charge is 0.456 e. The van der Waals surface area contributed by atoms with Gasteiger partial charge in [0.15, 0.2) is 0 Å². The molecule has 2 N–H and O–H groups in total. The predicted octanol–water partition coefficient (Wildman–Crippen LogP) is 2.07. The monoisotopic (exact) mass is 424 g/mol. The Balaban J connectivity index is 1.42. The van der Waals surface area contributed by atoms with E-state index in [1.165, 1.54) is 0 Å². The molecule has 0 aliphatic carbocycles. The number of rotatable bonds is 3. The van der Waals surface area contributed by atoms with Gasteiger partial charge in [-0.15, -0.1) is 0 Å². The lowest BCUT2D eigenvalue weighted by Crippen LogP contribution is -2.57. The van der Waals surface area contributed by atoms with Crippen LogP contribution in [-0.4, -0.2) is 49.2 Å². The fourth-order valence-electron chi connectivity index (χ4n) is 4.90. The van der Waals surface area contributed by atoms with Crippen LogP contribution in [0.4, 0.5) is 0 Å². The lowest BCUT2D eigenvalue weighted by Gasteiger charge is -2.44. The summed E-state index contributed by atoms with van der Waals surface area (Å²) >= 11 is 0. The smallest absolute Gasteiger partial charge is 0.272 e. The summed E-state index contributed by atoms with van der Waals surface area (Å²) in [4.78, 5) is 14.6. The maximum absolute atomic E-state index is 13.2. The molecule has 8 nitrogen and oxygen atoms in total. The van der Waals surface area contributed by atoms with Gasteiger partial charge in [-0.25, -0.2) is 18.2 Å². The Morgan fingerprint density at radius 3 is 2.73 bits per heavy atom. The minimum absolute atomic E-state index is 0.0663. The van der Waals surface area contributed by atoms with Crippen molar-refractivity contribution in [1.29, 1.82) is 0 Å². The highest BCUT2D eigenvalue weighted by Gasteiger charge is 2.37. The summed E-state index contributed by atoms with van der Waals surface area (Å²) in [5.41, 5.74) is 0.753. The van der Waals surface area contributed by atoms with Crippen LogP contribution < -0.4 is 15.0 Å². The molecule has 9 heteroatoms. The molecule has 3 aromatic rings. The van der Waals surface area contributed by atoms with Crippen LogP contribution >= 0.6 is 0 Å². The van der Waals surface area contributed by atoms with Gasteiger partial charge >= 0.3 is 0 Å². The normalized spacial score (nSPS) is 24.5. The molecule has 0 amide bonds. The second-order valence-corrected chi connectivity index (χ2v) is 9.92. The van der Waals surface area contributed by atoms with Gasteiger partial charge in [0.05, 0.1) is 15.7 Å². The van der Waals surface area contributed by atoms with Crippen LogP contribution in [0.15, 0.2) is 46.1 Å². The number of aromatic nitrogens is 2. The molecule has 154 valence electrons. The van der Waals surface area contributed by atoms with Crippen LogP contribution in [0.1, 0.15) is 12.8 Å². The number of aromatic amines is 1. The van der Waals surface area contributed by atoms with Crippen molar-refractivity contribution in [2.24, 2.45) is 5.92 Å². The van der Waals surface area contributed by atoms with Gasteiger partial charge in [0.1, 0.15) is 17.2 Å². The minimum Gasteiger partial charge on any atom is -0.456 e. The van der Waals surface area contributed by atoms with E-state index < -0.39 is 10.0 Å². The summed E-state index contributed by atoms with van der Waals surface area (Å²) in [6, 6.07) is 9.94. The quantitative estimate of drug-likeness (QED) is 0.522. The molecule has 3 saturated heterocycles. The summed E-state index contributed by atoms with van der Waals surface area (Å²) in [5.74, 6) is 1.43. The van der Waals surface area contributed by atoms with Gasteiger partial charge in [-0.2, -0.15) is 5.10 Å². The Morgan fingerprint density at radius 1 is 1.13 bits per heavy atom. The van der Waals surface area contributed by atoms with Crippen LogP contribution in [-0.2, 0) is 10.0 Å². The molecule has 5 heterocycles. The summed E-state index contributed by atoms with van der Waals surface area (Å²) in [6.45, 7) is 2.85. The molecule has 3 fully saturated rings. The van der Waals surface area contributed by atoms with Crippen LogP contribution in [0.25, 0.3) is 22.0 Å². The molecule has 2 aromatic carbocycles. The van der Waals surface area contributed by atoms with Crippen molar-refractivity contribution in [3.63, 3.8) is 0 Å². The Morgan fingerprint density at radius 2 is 1.97 bits per heavy atom. The van der Waals surface area contributed by atoms with E-state index >= 15 is 0 Å². The number of sulfonamides is 1. The Hall–Kier alpha value is -2.75. The van der Waals surface area contributed by atoms with Gasteiger partial charge in [-0.1, -0.05) is 6.07 Å². The molecule has 4 aliphatic heterocycles. The lowest BCUT2D eigenvalue weighted by molar-refractivity contribution is 0.0827. The Bertz CT molecular complexity index is 1340. The Kier molecular flexibility index (Phi) is 3.83. The van der Waals surface area contributed by atoms with E-state index in [2.05, 4.69) is 19.8 Å². The van der Waals surface area contributed by atoms with Crippen molar-refractivity contribution in [3.8, 4) is 22.8 Å². The van der Waals surface area contributed by atoms with Gasteiger partial charge in [-0.05, 0) is 62.2 Å². The fraction of sp³-hybridized carbons (Fsp3) is 0.333. The second-order valence-electron chi connectivity index (χ2n) is 8.21. The third-order valence-corrected chi connectivity index (χ3v) is 7.96. The average Bonchev–Trinajstić information content (AvgIpc) is 2.76. The van der Waals surface area contributed by atoms with E-state index in [0.29, 0.717) is 39.4 Å². The zero-order valence-electron chi connectivity index (χ0n) is 16.1. The first-order chi connectivity index (χ1) is 14.5. The number of nitrogens with zero attached hydrogens (tertiary/aromatic N) is 2. The average molecular weight is 424 g/mol. The summed E-state index contributed by atoms with van der Waals surface area (Å²) in [7, 11) is -3.70. The highest BCUT2D eigenvalue weighted by atomic mass is 32.2. The third-order valence-electron chi connectivity index (χ3n) is 6.48. The van der Waals surface area contributed by atoms with Crippen molar-refractivity contribution in [2.45, 2.75) is 23.8 Å². The van der Waals surface area contributed by atoms with Crippen LogP contribution in [0.3, 0.4) is 0 Å². The fourth-order valence-corrected chi connectivity index (χ4v) is 6.22. The SMILES string of the molecule is O=c1[nH]nc2c3c(cccc13)Oc1ccc(S(=O)(=O)NC3CN4CCC3CC4)cc1-2. The summed E-state index contributed by atoms with van der Waals surface area (Å²) < 4.78 is 35.2. The van der Waals surface area contributed by atoms with Gasteiger partial charge in [-0.3, -0.25) is 4.79 Å². The van der Waals surface area contributed by atoms with E-state index in [9.17, 15) is 13.2 Å². The van der Waals surface area contributed by atoms with E-state index in [1.807, 2.05) is 0 Å². The number of benzene rings is 2. The van der Waals surface area contributed by atoms with Crippen molar-refractivity contribution >= 4 is 20.8 Å². The molecular formula is C21H20N4O4S. The molecule has 0 spiro atoms. The maximum atomic E-state index is 13.2. The second kappa shape index (κ2) is 6.37. The maximum Gasteiger partial charge on any atom is 0.272 e. The number of piperidine rings is 3. The molecule has 30 heavy (non-hydrogen) atoms. The number of ether oxygens (including phenoxy) is 1. The Labute approximate surface area is 172 Å². The molecule has 1 unspecified atom stereocenters. The van der Waals surface area contributed by atoms with E-state index in [-0.39, 0.29) is 16.5 Å². The first-order valence-electron chi connectivity index (χ1n) is 10.1. The van der Waals surface area contributed by atoms with Crippen LogP contribution in [0, 0.1) is 5.92 Å². The van der Waals surface area contributed by atoms with Crippen LogP contribution in [0.5, 0.6) is 11.5 Å². The topological polar surface area (TPSA) is 104 Å². The number of hydrogen-bond acceptors (Lipinski definition) is 6. The van der Waals surface area contributed by atoms with Gasteiger partial charge < -0.3 is 9.64 Å². The van der Waals surface area contributed by atoms with E-state index in [4.69, 9.17) is 4.74 Å². The standard InChI is InChI=1S/C21H20N4O4S/c26-21-14-2-1-3-18-19(14)20(22-23-21)15-10-13(4-5-17(15)29-18)30(27,28)24-16-11-25-8-6-12(16)7-9-25/h1-5,10,12,16,24H,6-9,11H2,(H,23,26). The molecule has 4 aliphatic rings. The summed E-state index contributed by atoms with van der Waals surface area (Å²) in [5, 5.41) is 7.77. The number of H-pyrrole nitrogens is 1. The van der Waals surface area contributed by atoms with Gasteiger partial charge in [0.25, 0.3) is 5.56 Å². The minimum atomic E-state index is -3.70. The number of hydrogen-bond donors (Lipinski definition) is 2. The molecule has 2 bridgehead atoms. The molecule has 0 radical (unpaired) electrons.